The SMILES string of the molecule is O=C(C12CCC(CC1)C2)[C@](O)(I)c1ccccc1. The van der Waals surface area contributed by atoms with E-state index in [4.69, 9.17) is 0 Å². The maximum atomic E-state index is 12.8. The molecule has 1 aromatic rings. The van der Waals surface area contributed by atoms with Gasteiger partial charge < -0.3 is 5.11 Å². The Morgan fingerprint density at radius 1 is 1.28 bits per heavy atom. The molecule has 0 aliphatic heterocycles. The molecule has 1 N–H and O–H groups in total. The molecule has 3 rings (SSSR count). The highest BCUT2D eigenvalue weighted by Gasteiger charge is 2.55. The molecule has 0 unspecified atom stereocenters. The zero-order valence-electron chi connectivity index (χ0n) is 10.2. The first-order valence-electron chi connectivity index (χ1n) is 6.56. The Morgan fingerprint density at radius 3 is 2.39 bits per heavy atom. The molecule has 0 radical (unpaired) electrons. The lowest BCUT2D eigenvalue weighted by Gasteiger charge is -2.32. The van der Waals surface area contributed by atoms with Crippen LogP contribution in [0.25, 0.3) is 0 Å². The molecular formula is C15H17IO2. The number of Topliss-reactive ketones (excluding diaryl/α,β-unsaturated/α-hetero) is 1. The third-order valence-corrected chi connectivity index (χ3v) is 5.79. The average molecular weight is 356 g/mol. The van der Waals surface area contributed by atoms with Crippen LogP contribution < -0.4 is 0 Å². The Kier molecular flexibility index (Phi) is 3.01. The van der Waals surface area contributed by atoms with Gasteiger partial charge in [-0.15, -0.1) is 0 Å². The smallest absolute Gasteiger partial charge is 0.200 e. The average Bonchev–Trinajstić information content (AvgIpc) is 3.00. The van der Waals surface area contributed by atoms with Crippen molar-refractivity contribution in [1.29, 1.82) is 0 Å². The van der Waals surface area contributed by atoms with Crippen molar-refractivity contribution < 1.29 is 9.90 Å². The number of carbonyl (C=O) groups is 1. The lowest BCUT2D eigenvalue weighted by molar-refractivity contribution is -0.138. The number of rotatable bonds is 3. The van der Waals surface area contributed by atoms with Gasteiger partial charge in [-0.1, -0.05) is 30.3 Å². The molecular weight excluding hydrogens is 339 g/mol. The Labute approximate surface area is 121 Å². The summed E-state index contributed by atoms with van der Waals surface area (Å²) in [6.07, 6.45) is 5.24. The monoisotopic (exact) mass is 356 g/mol. The van der Waals surface area contributed by atoms with E-state index >= 15 is 0 Å². The molecule has 2 fully saturated rings. The van der Waals surface area contributed by atoms with Crippen LogP contribution >= 0.6 is 22.6 Å². The molecule has 2 bridgehead atoms. The summed E-state index contributed by atoms with van der Waals surface area (Å²) in [4.78, 5) is 12.8. The van der Waals surface area contributed by atoms with Gasteiger partial charge in [-0.05, 0) is 60.6 Å². The number of hydrogen-bond acceptors (Lipinski definition) is 2. The maximum absolute atomic E-state index is 12.8. The third-order valence-electron chi connectivity index (χ3n) is 4.68. The number of carbonyl (C=O) groups excluding carboxylic acids is 1. The number of ketones is 1. The minimum Gasteiger partial charge on any atom is -0.369 e. The van der Waals surface area contributed by atoms with Gasteiger partial charge in [-0.25, -0.2) is 0 Å². The number of fused-ring (bicyclic) bond motifs is 2. The van der Waals surface area contributed by atoms with Crippen molar-refractivity contribution in [3.05, 3.63) is 35.9 Å². The van der Waals surface area contributed by atoms with Gasteiger partial charge >= 0.3 is 0 Å². The van der Waals surface area contributed by atoms with Crippen molar-refractivity contribution in [2.24, 2.45) is 11.3 Å². The van der Waals surface area contributed by atoms with Crippen LogP contribution in [0.5, 0.6) is 0 Å². The molecule has 2 nitrogen and oxygen atoms in total. The van der Waals surface area contributed by atoms with Gasteiger partial charge in [0.15, 0.2) is 9.39 Å². The summed E-state index contributed by atoms with van der Waals surface area (Å²) in [7, 11) is 0. The van der Waals surface area contributed by atoms with Crippen LogP contribution in [0, 0.1) is 11.3 Å². The molecule has 0 spiro atoms. The Bertz CT molecular complexity index is 459. The largest absolute Gasteiger partial charge is 0.369 e. The fourth-order valence-corrected chi connectivity index (χ4v) is 4.58. The first-order chi connectivity index (χ1) is 8.55. The summed E-state index contributed by atoms with van der Waals surface area (Å²) in [5, 5.41) is 10.7. The normalized spacial score (nSPS) is 33.3. The van der Waals surface area contributed by atoms with Crippen LogP contribution in [-0.2, 0) is 8.40 Å². The summed E-state index contributed by atoms with van der Waals surface area (Å²) in [5.41, 5.74) is 0.469. The van der Waals surface area contributed by atoms with E-state index in [1.54, 1.807) is 0 Å². The van der Waals surface area contributed by atoms with Crippen molar-refractivity contribution in [2.75, 3.05) is 0 Å². The van der Waals surface area contributed by atoms with E-state index in [1.165, 1.54) is 0 Å². The third kappa shape index (κ3) is 1.83. The Hall–Kier alpha value is -0.420. The first kappa shape index (κ1) is 12.6. The topological polar surface area (TPSA) is 37.3 Å². The van der Waals surface area contributed by atoms with E-state index in [9.17, 15) is 9.90 Å². The zero-order chi connectivity index (χ0) is 12.8. The van der Waals surface area contributed by atoms with Crippen molar-refractivity contribution in [3.8, 4) is 0 Å². The highest BCUT2D eigenvalue weighted by Crippen LogP contribution is 2.57. The van der Waals surface area contributed by atoms with Gasteiger partial charge in [0.25, 0.3) is 0 Å². The second-order valence-electron chi connectivity index (χ2n) is 5.75. The number of hydrogen-bond donors (Lipinski definition) is 1. The molecule has 0 amide bonds. The van der Waals surface area contributed by atoms with Gasteiger partial charge in [-0.3, -0.25) is 4.79 Å². The highest BCUT2D eigenvalue weighted by atomic mass is 127. The second-order valence-corrected chi connectivity index (χ2v) is 7.31. The molecule has 96 valence electrons. The maximum Gasteiger partial charge on any atom is 0.200 e. The molecule has 2 aliphatic rings. The fourth-order valence-electron chi connectivity index (χ4n) is 3.65. The summed E-state index contributed by atoms with van der Waals surface area (Å²) in [6.45, 7) is 0. The Balaban J connectivity index is 1.92. The molecule has 3 heteroatoms. The summed E-state index contributed by atoms with van der Waals surface area (Å²) >= 11 is 1.92. The molecule has 0 saturated heterocycles. The van der Waals surface area contributed by atoms with E-state index in [-0.39, 0.29) is 11.2 Å². The second kappa shape index (κ2) is 4.30. The highest BCUT2D eigenvalue weighted by molar-refractivity contribution is 14.1. The summed E-state index contributed by atoms with van der Waals surface area (Å²) in [6, 6.07) is 9.32. The van der Waals surface area contributed by atoms with Gasteiger partial charge in [0.05, 0.1) is 0 Å². The van der Waals surface area contributed by atoms with Crippen LogP contribution in [0.4, 0.5) is 0 Å². The number of aliphatic hydroxyl groups is 1. The number of benzene rings is 1. The molecule has 2 saturated carbocycles. The zero-order valence-corrected chi connectivity index (χ0v) is 12.4. The summed E-state index contributed by atoms with van der Waals surface area (Å²) < 4.78 is -1.36. The van der Waals surface area contributed by atoms with Gasteiger partial charge in [0.2, 0.25) is 0 Å². The van der Waals surface area contributed by atoms with E-state index in [1.807, 2.05) is 52.9 Å². The van der Waals surface area contributed by atoms with Gasteiger partial charge in [-0.2, -0.15) is 0 Å². The Morgan fingerprint density at radius 2 is 1.89 bits per heavy atom. The van der Waals surface area contributed by atoms with E-state index in [0.29, 0.717) is 5.56 Å². The number of halogens is 1. The van der Waals surface area contributed by atoms with Crippen LogP contribution in [0.1, 0.15) is 37.7 Å². The quantitative estimate of drug-likeness (QED) is 0.666. The fraction of sp³-hybridized carbons (Fsp3) is 0.533. The summed E-state index contributed by atoms with van der Waals surface area (Å²) in [5.74, 6) is 0.749. The van der Waals surface area contributed by atoms with Crippen LogP contribution in [0.15, 0.2) is 30.3 Å². The minimum atomic E-state index is -1.36. The van der Waals surface area contributed by atoms with Crippen molar-refractivity contribution in [2.45, 2.75) is 35.7 Å². The minimum absolute atomic E-state index is 0.0294. The number of alkyl halides is 1. The molecule has 2 aliphatic carbocycles. The molecule has 0 heterocycles. The predicted octanol–water partition coefficient (Wildman–Crippen LogP) is 3.42. The van der Waals surface area contributed by atoms with E-state index in [2.05, 4.69) is 0 Å². The molecule has 1 aromatic carbocycles. The van der Waals surface area contributed by atoms with Crippen molar-refractivity contribution in [3.63, 3.8) is 0 Å². The van der Waals surface area contributed by atoms with E-state index in [0.717, 1.165) is 38.0 Å². The lowest BCUT2D eigenvalue weighted by Crippen LogP contribution is -2.40. The van der Waals surface area contributed by atoms with Gasteiger partial charge in [0.1, 0.15) is 0 Å². The first-order valence-corrected chi connectivity index (χ1v) is 7.64. The molecule has 18 heavy (non-hydrogen) atoms. The van der Waals surface area contributed by atoms with Crippen molar-refractivity contribution in [1.82, 2.24) is 0 Å². The predicted molar refractivity (Wildman–Crippen MR) is 78.4 cm³/mol. The molecule has 1 atom stereocenters. The van der Waals surface area contributed by atoms with Gasteiger partial charge in [0, 0.05) is 11.0 Å². The van der Waals surface area contributed by atoms with E-state index < -0.39 is 3.61 Å². The van der Waals surface area contributed by atoms with Crippen molar-refractivity contribution >= 4 is 28.4 Å². The van der Waals surface area contributed by atoms with Crippen LogP contribution in [0.3, 0.4) is 0 Å². The van der Waals surface area contributed by atoms with Crippen LogP contribution in [-0.4, -0.2) is 10.9 Å². The molecule has 0 aromatic heterocycles. The standard InChI is InChI=1S/C15H17IO2/c16-15(18,12-4-2-1-3-5-12)13(17)14-8-6-11(10-14)7-9-14/h1-5,11,18H,6-10H2/t11?,14?,15-/m0/s1. The lowest BCUT2D eigenvalue weighted by atomic mass is 9.77. The van der Waals surface area contributed by atoms with Crippen LogP contribution in [0.2, 0.25) is 0 Å².